The number of para-hydroxylation sites is 1. The molecular formula is C24H25ClN2O2. The van der Waals surface area contributed by atoms with Crippen molar-refractivity contribution in [3.05, 3.63) is 71.4 Å². The molecule has 1 amide bonds. The molecule has 5 heteroatoms. The van der Waals surface area contributed by atoms with Gasteiger partial charge in [0.15, 0.2) is 0 Å². The normalized spacial score (nSPS) is 20.2. The van der Waals surface area contributed by atoms with Gasteiger partial charge in [0.2, 0.25) is 0 Å². The SMILES string of the molecule is CC(NC(=O)c1ccc(Cl)cc1)[C@H]1CC[C@H](Oc2ccnc3ccccc23)CC1. The minimum Gasteiger partial charge on any atom is -0.490 e. The number of nitrogens with one attached hydrogen (secondary N) is 1. The first kappa shape index (κ1) is 19.7. The average Bonchev–Trinajstić information content (AvgIpc) is 2.75. The fraction of sp³-hybridized carbons (Fsp3) is 0.333. The summed E-state index contributed by atoms with van der Waals surface area (Å²) in [6.45, 7) is 2.09. The molecule has 1 fully saturated rings. The van der Waals surface area contributed by atoms with Gasteiger partial charge in [-0.15, -0.1) is 0 Å². The molecule has 4 nitrogen and oxygen atoms in total. The molecular weight excluding hydrogens is 384 g/mol. The highest BCUT2D eigenvalue weighted by molar-refractivity contribution is 6.30. The molecule has 1 unspecified atom stereocenters. The number of carbonyl (C=O) groups is 1. The Labute approximate surface area is 176 Å². The van der Waals surface area contributed by atoms with E-state index < -0.39 is 0 Å². The summed E-state index contributed by atoms with van der Waals surface area (Å²) in [5.74, 6) is 1.32. The maximum Gasteiger partial charge on any atom is 0.251 e. The molecule has 0 spiro atoms. The van der Waals surface area contributed by atoms with Gasteiger partial charge in [-0.1, -0.05) is 23.7 Å². The zero-order valence-electron chi connectivity index (χ0n) is 16.5. The lowest BCUT2D eigenvalue weighted by molar-refractivity contribution is 0.0887. The van der Waals surface area contributed by atoms with E-state index in [0.29, 0.717) is 16.5 Å². The lowest BCUT2D eigenvalue weighted by Gasteiger charge is -2.33. The Morgan fingerprint density at radius 1 is 1.07 bits per heavy atom. The fourth-order valence-electron chi connectivity index (χ4n) is 4.07. The number of pyridine rings is 1. The molecule has 0 bridgehead atoms. The molecule has 1 heterocycles. The van der Waals surface area contributed by atoms with E-state index in [9.17, 15) is 4.79 Å². The quantitative estimate of drug-likeness (QED) is 0.594. The molecule has 1 atom stereocenters. The number of amides is 1. The molecule has 29 heavy (non-hydrogen) atoms. The number of hydrogen-bond donors (Lipinski definition) is 1. The first-order chi connectivity index (χ1) is 14.1. The van der Waals surface area contributed by atoms with E-state index in [1.165, 1.54) is 0 Å². The van der Waals surface area contributed by atoms with E-state index in [1.54, 1.807) is 30.5 Å². The van der Waals surface area contributed by atoms with Crippen LogP contribution in [0.1, 0.15) is 43.0 Å². The van der Waals surface area contributed by atoms with Crippen molar-refractivity contribution in [3.8, 4) is 5.75 Å². The highest BCUT2D eigenvalue weighted by Crippen LogP contribution is 2.32. The van der Waals surface area contributed by atoms with Crippen LogP contribution in [-0.4, -0.2) is 23.0 Å². The maximum absolute atomic E-state index is 12.5. The van der Waals surface area contributed by atoms with Crippen LogP contribution < -0.4 is 10.1 Å². The Morgan fingerprint density at radius 2 is 1.79 bits per heavy atom. The summed E-state index contributed by atoms with van der Waals surface area (Å²) in [5.41, 5.74) is 1.60. The third-order valence-corrected chi connectivity index (χ3v) is 6.05. The highest BCUT2D eigenvalue weighted by Gasteiger charge is 2.27. The van der Waals surface area contributed by atoms with Gasteiger partial charge in [0.25, 0.3) is 5.91 Å². The summed E-state index contributed by atoms with van der Waals surface area (Å²) >= 11 is 5.90. The first-order valence-electron chi connectivity index (χ1n) is 10.2. The fourth-order valence-corrected chi connectivity index (χ4v) is 4.19. The molecule has 0 aliphatic heterocycles. The monoisotopic (exact) mass is 408 g/mol. The summed E-state index contributed by atoms with van der Waals surface area (Å²) in [7, 11) is 0. The van der Waals surface area contributed by atoms with Gasteiger partial charge in [0, 0.05) is 28.2 Å². The van der Waals surface area contributed by atoms with Gasteiger partial charge in [0.1, 0.15) is 5.75 Å². The van der Waals surface area contributed by atoms with Gasteiger partial charge in [0.05, 0.1) is 11.6 Å². The zero-order valence-corrected chi connectivity index (χ0v) is 17.2. The van der Waals surface area contributed by atoms with Gasteiger partial charge in [-0.2, -0.15) is 0 Å². The molecule has 1 aromatic heterocycles. The Morgan fingerprint density at radius 3 is 2.55 bits per heavy atom. The molecule has 1 saturated carbocycles. The number of carbonyl (C=O) groups excluding carboxylic acids is 1. The van der Waals surface area contributed by atoms with E-state index >= 15 is 0 Å². The topological polar surface area (TPSA) is 51.2 Å². The minimum atomic E-state index is -0.0456. The molecule has 4 rings (SSSR count). The maximum atomic E-state index is 12.5. The van der Waals surface area contributed by atoms with E-state index in [-0.39, 0.29) is 18.1 Å². The van der Waals surface area contributed by atoms with Crippen LogP contribution in [0.15, 0.2) is 60.8 Å². The largest absolute Gasteiger partial charge is 0.490 e. The highest BCUT2D eigenvalue weighted by atomic mass is 35.5. The van der Waals surface area contributed by atoms with Crippen LogP contribution in [0.25, 0.3) is 10.9 Å². The minimum absolute atomic E-state index is 0.0456. The first-order valence-corrected chi connectivity index (χ1v) is 10.5. The molecule has 1 aliphatic carbocycles. The number of benzene rings is 2. The van der Waals surface area contributed by atoms with Crippen LogP contribution in [0.3, 0.4) is 0 Å². The number of rotatable bonds is 5. The number of hydrogen-bond acceptors (Lipinski definition) is 3. The standard InChI is InChI=1S/C24H25ClN2O2/c1-16(27-24(28)18-6-10-19(25)11-7-18)17-8-12-20(13-9-17)29-23-14-15-26-22-5-3-2-4-21(22)23/h2-7,10-11,14-17,20H,8-9,12-13H2,1H3,(H,27,28)/t16?,17-,20-. The van der Waals surface area contributed by atoms with Gasteiger partial charge in [-0.05, 0) is 81.0 Å². The second kappa shape index (κ2) is 8.83. The van der Waals surface area contributed by atoms with E-state index in [2.05, 4.69) is 23.3 Å². The summed E-state index contributed by atoms with van der Waals surface area (Å²) in [5, 5.41) is 4.83. The van der Waals surface area contributed by atoms with Crippen molar-refractivity contribution >= 4 is 28.4 Å². The van der Waals surface area contributed by atoms with Crippen LogP contribution in [-0.2, 0) is 0 Å². The van der Waals surface area contributed by atoms with E-state index in [4.69, 9.17) is 16.3 Å². The molecule has 1 aliphatic rings. The van der Waals surface area contributed by atoms with Crippen molar-refractivity contribution in [2.75, 3.05) is 0 Å². The van der Waals surface area contributed by atoms with E-state index in [0.717, 1.165) is 42.3 Å². The second-order valence-electron chi connectivity index (χ2n) is 7.75. The van der Waals surface area contributed by atoms with Crippen molar-refractivity contribution in [2.45, 2.75) is 44.8 Å². The number of aromatic nitrogens is 1. The van der Waals surface area contributed by atoms with Crippen molar-refractivity contribution in [1.29, 1.82) is 0 Å². The van der Waals surface area contributed by atoms with Crippen molar-refractivity contribution in [2.24, 2.45) is 5.92 Å². The predicted molar refractivity (Wildman–Crippen MR) is 116 cm³/mol. The van der Waals surface area contributed by atoms with Crippen LogP contribution in [0.4, 0.5) is 0 Å². The zero-order chi connectivity index (χ0) is 20.2. The molecule has 0 saturated heterocycles. The summed E-state index contributed by atoms with van der Waals surface area (Å²) in [6.07, 6.45) is 6.06. The summed E-state index contributed by atoms with van der Waals surface area (Å²) in [6, 6.07) is 17.1. The molecule has 2 aromatic carbocycles. The number of halogens is 1. The van der Waals surface area contributed by atoms with Crippen molar-refractivity contribution in [1.82, 2.24) is 10.3 Å². The van der Waals surface area contributed by atoms with Crippen molar-refractivity contribution < 1.29 is 9.53 Å². The molecule has 0 radical (unpaired) electrons. The Bertz CT molecular complexity index is 976. The molecule has 150 valence electrons. The van der Waals surface area contributed by atoms with Crippen LogP contribution in [0.2, 0.25) is 5.02 Å². The average molecular weight is 409 g/mol. The Hall–Kier alpha value is -2.59. The lowest BCUT2D eigenvalue weighted by Crippen LogP contribution is -2.40. The predicted octanol–water partition coefficient (Wildman–Crippen LogP) is 5.64. The smallest absolute Gasteiger partial charge is 0.251 e. The van der Waals surface area contributed by atoms with Gasteiger partial charge >= 0.3 is 0 Å². The lowest BCUT2D eigenvalue weighted by atomic mass is 9.83. The van der Waals surface area contributed by atoms with E-state index in [1.807, 2.05) is 24.3 Å². The van der Waals surface area contributed by atoms with Gasteiger partial charge in [-0.25, -0.2) is 0 Å². The van der Waals surface area contributed by atoms with Crippen LogP contribution >= 0.6 is 11.6 Å². The summed E-state index contributed by atoms with van der Waals surface area (Å²) < 4.78 is 6.32. The van der Waals surface area contributed by atoms with Crippen LogP contribution in [0.5, 0.6) is 5.75 Å². The van der Waals surface area contributed by atoms with Crippen molar-refractivity contribution in [3.63, 3.8) is 0 Å². The van der Waals surface area contributed by atoms with Gasteiger partial charge < -0.3 is 10.1 Å². The summed E-state index contributed by atoms with van der Waals surface area (Å²) in [4.78, 5) is 16.9. The second-order valence-corrected chi connectivity index (χ2v) is 8.19. The Balaban J connectivity index is 1.32. The van der Waals surface area contributed by atoms with Crippen LogP contribution in [0, 0.1) is 5.92 Å². The van der Waals surface area contributed by atoms with Gasteiger partial charge in [-0.3, -0.25) is 9.78 Å². The number of fused-ring (bicyclic) bond motifs is 1. The molecule has 1 N–H and O–H groups in total. The Kier molecular flexibility index (Phi) is 6.00. The number of nitrogens with zero attached hydrogens (tertiary/aromatic N) is 1. The third kappa shape index (κ3) is 4.70. The molecule has 3 aromatic rings. The third-order valence-electron chi connectivity index (χ3n) is 5.79. The number of ether oxygens (including phenoxy) is 1.